The van der Waals surface area contributed by atoms with Crippen LogP contribution in [0.1, 0.15) is 84.5 Å². The van der Waals surface area contributed by atoms with Gasteiger partial charge in [-0.15, -0.1) is 0 Å². The molecule has 0 aliphatic heterocycles. The van der Waals surface area contributed by atoms with Crippen molar-refractivity contribution >= 4 is 0 Å². The van der Waals surface area contributed by atoms with Crippen LogP contribution in [0.15, 0.2) is 0 Å². The van der Waals surface area contributed by atoms with E-state index >= 15 is 0 Å². The number of unbranched alkanes of at least 4 members (excludes halogenated alkanes) is 9. The molecule has 1 atom stereocenters. The number of nitrogens with two attached hydrogens (primary N) is 1. The van der Waals surface area contributed by atoms with Crippen LogP contribution in [0, 0.1) is 0 Å². The fraction of sp³-hybridized carbons (Fsp3) is 1.00. The summed E-state index contributed by atoms with van der Waals surface area (Å²) in [5.74, 6) is 0. The first-order valence-corrected chi connectivity index (χ1v) is 9.07. The summed E-state index contributed by atoms with van der Waals surface area (Å²) in [5, 5.41) is 0. The van der Waals surface area contributed by atoms with Gasteiger partial charge < -0.3 is 10.2 Å². The molecule has 0 aliphatic rings. The van der Waals surface area contributed by atoms with E-state index in [0.717, 1.165) is 23.6 Å². The van der Waals surface area contributed by atoms with Crippen molar-refractivity contribution in [3.8, 4) is 0 Å². The maximum atomic E-state index is 5.69. The van der Waals surface area contributed by atoms with Gasteiger partial charge in [0.25, 0.3) is 0 Å². The van der Waals surface area contributed by atoms with Crippen LogP contribution >= 0.6 is 0 Å². The molecule has 0 bridgehead atoms. The Kier molecular flexibility index (Phi) is 12.6. The second-order valence-corrected chi connectivity index (χ2v) is 7.11. The summed E-state index contributed by atoms with van der Waals surface area (Å²) in [7, 11) is 4.63. The number of hydrogen-bond donors (Lipinski definition) is 1. The minimum Gasteiger partial charge on any atom is -0.326 e. The van der Waals surface area contributed by atoms with Crippen molar-refractivity contribution in [2.45, 2.75) is 90.5 Å². The molecule has 0 radical (unpaired) electrons. The normalized spacial score (nSPS) is 13.7. The molecule has 0 saturated carbocycles. The van der Waals surface area contributed by atoms with Crippen molar-refractivity contribution in [1.29, 1.82) is 0 Å². The van der Waals surface area contributed by atoms with Gasteiger partial charge in [0, 0.05) is 6.54 Å². The molecule has 0 aromatic rings. The molecule has 0 aliphatic carbocycles. The Bertz CT molecular complexity index is 202. The van der Waals surface area contributed by atoms with E-state index in [1.807, 2.05) is 0 Å². The van der Waals surface area contributed by atoms with Gasteiger partial charge in [-0.3, -0.25) is 0 Å². The molecular weight excluding hydrogens is 244 g/mol. The van der Waals surface area contributed by atoms with Gasteiger partial charge in [-0.25, -0.2) is 0 Å². The smallest absolute Gasteiger partial charge is 0.0909 e. The van der Waals surface area contributed by atoms with Crippen molar-refractivity contribution < 1.29 is 4.48 Å². The summed E-state index contributed by atoms with van der Waals surface area (Å²) in [5.41, 5.74) is 5.69. The van der Waals surface area contributed by atoms with E-state index in [-0.39, 0.29) is 0 Å². The van der Waals surface area contributed by atoms with E-state index in [0.29, 0.717) is 0 Å². The predicted molar refractivity (Wildman–Crippen MR) is 92.0 cm³/mol. The molecule has 0 saturated heterocycles. The quantitative estimate of drug-likeness (QED) is 0.363. The lowest BCUT2D eigenvalue weighted by atomic mass is 10.0. The summed E-state index contributed by atoms with van der Waals surface area (Å²) < 4.78 is 1.08. The molecular formula is C18H41N2+. The molecule has 0 amide bonds. The molecule has 0 aromatic heterocycles. The SMILES string of the molecule is CCCCCCCCCCCCC(C)[N+](C)(C)CCN. The predicted octanol–water partition coefficient (Wildman–Crippen LogP) is 4.72. The minimum absolute atomic E-state index is 0.743. The zero-order valence-electron chi connectivity index (χ0n) is 14.8. The standard InChI is InChI=1S/C18H41N2/c1-5-6-7-8-9-10-11-12-13-14-15-18(2)20(3,4)17-16-19/h18H,5-17,19H2,1-4H3/q+1. The Hall–Kier alpha value is -0.0800. The van der Waals surface area contributed by atoms with Gasteiger partial charge in [0.2, 0.25) is 0 Å². The summed E-state index contributed by atoms with van der Waals surface area (Å²) in [6.45, 7) is 6.56. The molecule has 0 heterocycles. The zero-order valence-corrected chi connectivity index (χ0v) is 14.8. The van der Waals surface area contributed by atoms with Gasteiger partial charge >= 0.3 is 0 Å². The molecule has 0 rings (SSSR count). The number of likely N-dealkylation sites (N-methyl/N-ethyl adjacent to an activating group) is 1. The highest BCUT2D eigenvalue weighted by molar-refractivity contribution is 4.54. The Balaban J connectivity index is 3.35. The summed E-state index contributed by atoms with van der Waals surface area (Å²) in [4.78, 5) is 0. The first-order valence-electron chi connectivity index (χ1n) is 9.07. The Morgan fingerprint density at radius 3 is 1.70 bits per heavy atom. The average molecular weight is 286 g/mol. The van der Waals surface area contributed by atoms with Crippen LogP contribution in [-0.2, 0) is 0 Å². The van der Waals surface area contributed by atoms with Crippen LogP contribution in [0.25, 0.3) is 0 Å². The van der Waals surface area contributed by atoms with Gasteiger partial charge in [-0.2, -0.15) is 0 Å². The molecule has 0 spiro atoms. The minimum atomic E-state index is 0.743. The number of rotatable bonds is 14. The van der Waals surface area contributed by atoms with Crippen molar-refractivity contribution in [3.63, 3.8) is 0 Å². The maximum Gasteiger partial charge on any atom is 0.0909 e. The third-order valence-electron chi connectivity index (χ3n) is 4.87. The summed E-state index contributed by atoms with van der Waals surface area (Å²) in [6, 6.07) is 0.743. The van der Waals surface area contributed by atoms with Crippen LogP contribution in [0.4, 0.5) is 0 Å². The Labute approximate surface area is 128 Å². The zero-order chi connectivity index (χ0) is 15.3. The van der Waals surface area contributed by atoms with Crippen LogP contribution in [0.2, 0.25) is 0 Å². The largest absolute Gasteiger partial charge is 0.326 e. The summed E-state index contributed by atoms with van der Waals surface area (Å²) in [6.07, 6.45) is 15.6. The molecule has 122 valence electrons. The lowest BCUT2D eigenvalue weighted by Gasteiger charge is -2.36. The second kappa shape index (κ2) is 12.6. The average Bonchev–Trinajstić information content (AvgIpc) is 2.40. The Morgan fingerprint density at radius 2 is 1.25 bits per heavy atom. The van der Waals surface area contributed by atoms with E-state index in [1.165, 1.54) is 70.6 Å². The van der Waals surface area contributed by atoms with Gasteiger partial charge in [-0.1, -0.05) is 64.7 Å². The molecule has 20 heavy (non-hydrogen) atoms. The number of nitrogens with zero attached hydrogens (tertiary/aromatic N) is 1. The number of quaternary nitrogens is 1. The third-order valence-corrected chi connectivity index (χ3v) is 4.87. The number of hydrogen-bond acceptors (Lipinski definition) is 1. The second-order valence-electron chi connectivity index (χ2n) is 7.11. The van der Waals surface area contributed by atoms with Crippen molar-refractivity contribution in [3.05, 3.63) is 0 Å². The molecule has 0 fully saturated rings. The van der Waals surface area contributed by atoms with E-state index < -0.39 is 0 Å². The van der Waals surface area contributed by atoms with Crippen LogP contribution < -0.4 is 5.73 Å². The fourth-order valence-electron chi connectivity index (χ4n) is 2.83. The molecule has 0 aromatic carbocycles. The molecule has 2 N–H and O–H groups in total. The highest BCUT2D eigenvalue weighted by Gasteiger charge is 2.21. The monoisotopic (exact) mass is 285 g/mol. The highest BCUT2D eigenvalue weighted by atomic mass is 15.3. The van der Waals surface area contributed by atoms with Gasteiger partial charge in [0.15, 0.2) is 0 Å². The topological polar surface area (TPSA) is 26.0 Å². The van der Waals surface area contributed by atoms with Gasteiger partial charge in [-0.05, 0) is 19.8 Å². The first-order chi connectivity index (χ1) is 9.54. The lowest BCUT2D eigenvalue weighted by Crippen LogP contribution is -2.50. The highest BCUT2D eigenvalue weighted by Crippen LogP contribution is 2.15. The Morgan fingerprint density at radius 1 is 0.800 bits per heavy atom. The van der Waals surface area contributed by atoms with Crippen molar-refractivity contribution in [2.75, 3.05) is 27.2 Å². The maximum absolute atomic E-state index is 5.69. The van der Waals surface area contributed by atoms with E-state index in [1.54, 1.807) is 0 Å². The summed E-state index contributed by atoms with van der Waals surface area (Å²) >= 11 is 0. The van der Waals surface area contributed by atoms with Crippen LogP contribution in [0.5, 0.6) is 0 Å². The van der Waals surface area contributed by atoms with E-state index in [9.17, 15) is 0 Å². The molecule has 2 heteroatoms. The molecule has 2 nitrogen and oxygen atoms in total. The van der Waals surface area contributed by atoms with E-state index in [4.69, 9.17) is 5.73 Å². The third kappa shape index (κ3) is 10.7. The van der Waals surface area contributed by atoms with Crippen molar-refractivity contribution in [1.82, 2.24) is 0 Å². The van der Waals surface area contributed by atoms with Crippen LogP contribution in [0.3, 0.4) is 0 Å². The fourth-order valence-corrected chi connectivity index (χ4v) is 2.83. The van der Waals surface area contributed by atoms with Gasteiger partial charge in [0.05, 0.1) is 26.7 Å². The molecule has 1 unspecified atom stereocenters. The lowest BCUT2D eigenvalue weighted by molar-refractivity contribution is -0.912. The van der Waals surface area contributed by atoms with Crippen LogP contribution in [-0.4, -0.2) is 37.7 Å². The van der Waals surface area contributed by atoms with E-state index in [2.05, 4.69) is 27.9 Å². The van der Waals surface area contributed by atoms with Gasteiger partial charge in [0.1, 0.15) is 0 Å². The first kappa shape index (κ1) is 19.9. The van der Waals surface area contributed by atoms with Crippen molar-refractivity contribution in [2.24, 2.45) is 5.73 Å².